The predicted molar refractivity (Wildman–Crippen MR) is 132 cm³/mol. The van der Waals surface area contributed by atoms with Crippen LogP contribution in [0.1, 0.15) is 76.6 Å². The van der Waals surface area contributed by atoms with Crippen LogP contribution in [0.3, 0.4) is 0 Å². The molecule has 0 bridgehead atoms. The fourth-order valence-electron chi connectivity index (χ4n) is 3.60. The second-order valence-corrected chi connectivity index (χ2v) is 9.75. The zero-order valence-electron chi connectivity index (χ0n) is 21.4. The Hall–Kier alpha value is -3.03. The van der Waals surface area contributed by atoms with Gasteiger partial charge in [0.1, 0.15) is 17.5 Å². The van der Waals surface area contributed by atoms with Crippen molar-refractivity contribution < 1.29 is 33.3 Å². The fraction of sp³-hybridized carbons (Fsp3) is 0.593. The van der Waals surface area contributed by atoms with Gasteiger partial charge in [0.05, 0.1) is 18.3 Å². The topological polar surface area (TPSA) is 91.4 Å². The van der Waals surface area contributed by atoms with Gasteiger partial charge in [0.25, 0.3) is 0 Å². The quantitative estimate of drug-likeness (QED) is 0.180. The Morgan fingerprint density at radius 1 is 1.09 bits per heavy atom. The molecule has 0 aromatic heterocycles. The zero-order chi connectivity index (χ0) is 25.8. The minimum Gasteiger partial charge on any atom is -0.494 e. The maximum atomic E-state index is 12.5. The van der Waals surface area contributed by atoms with Gasteiger partial charge in [0.2, 0.25) is 0 Å². The first-order valence-corrected chi connectivity index (χ1v) is 12.3. The van der Waals surface area contributed by atoms with Crippen molar-refractivity contribution in [1.29, 1.82) is 0 Å². The second kappa shape index (κ2) is 13.8. The molecule has 0 spiro atoms. The maximum Gasteiger partial charge on any atom is 0.410 e. The highest BCUT2D eigenvalue weighted by Gasteiger charge is 2.28. The summed E-state index contributed by atoms with van der Waals surface area (Å²) in [6, 6.07) is 6.92. The van der Waals surface area contributed by atoms with E-state index in [1.807, 2.05) is 27.7 Å². The number of hydrogen-bond donors (Lipinski definition) is 0. The molecule has 1 aliphatic rings. The first-order chi connectivity index (χ1) is 16.6. The van der Waals surface area contributed by atoms with Gasteiger partial charge >= 0.3 is 18.0 Å². The number of unbranched alkanes of at least 4 members (excludes halogenated alkanes) is 2. The Morgan fingerprint density at radius 2 is 1.74 bits per heavy atom. The number of amides is 1. The Kier molecular flexibility index (Phi) is 11.1. The molecule has 1 heterocycles. The van der Waals surface area contributed by atoms with Crippen LogP contribution in [0, 0.1) is 0 Å². The zero-order valence-corrected chi connectivity index (χ0v) is 21.4. The van der Waals surface area contributed by atoms with Gasteiger partial charge < -0.3 is 23.8 Å². The van der Waals surface area contributed by atoms with E-state index in [-0.39, 0.29) is 24.3 Å². The van der Waals surface area contributed by atoms with Crippen LogP contribution in [0.15, 0.2) is 36.9 Å². The van der Waals surface area contributed by atoms with E-state index in [2.05, 4.69) is 6.58 Å². The average molecular weight is 490 g/mol. The van der Waals surface area contributed by atoms with Gasteiger partial charge in [-0.1, -0.05) is 6.58 Å². The van der Waals surface area contributed by atoms with E-state index in [1.54, 1.807) is 29.2 Å². The van der Waals surface area contributed by atoms with E-state index in [4.69, 9.17) is 18.9 Å². The summed E-state index contributed by atoms with van der Waals surface area (Å²) in [5.74, 6) is -0.0733. The minimum atomic E-state index is -0.529. The molecule has 1 aromatic carbocycles. The van der Waals surface area contributed by atoms with Crippen molar-refractivity contribution in [2.75, 3.05) is 19.7 Å². The number of carbonyl (C=O) groups is 3. The summed E-state index contributed by atoms with van der Waals surface area (Å²) >= 11 is 0. The highest BCUT2D eigenvalue weighted by atomic mass is 16.6. The molecule has 0 saturated carbocycles. The summed E-state index contributed by atoms with van der Waals surface area (Å²) < 4.78 is 21.9. The molecular formula is C27H39NO7. The lowest BCUT2D eigenvalue weighted by Crippen LogP contribution is -2.43. The van der Waals surface area contributed by atoms with Crippen LogP contribution in [-0.4, -0.2) is 60.4 Å². The molecule has 1 unspecified atom stereocenters. The molecule has 0 N–H and O–H groups in total. The van der Waals surface area contributed by atoms with E-state index >= 15 is 0 Å². The fourth-order valence-corrected chi connectivity index (χ4v) is 3.60. The largest absolute Gasteiger partial charge is 0.494 e. The van der Waals surface area contributed by atoms with Crippen molar-refractivity contribution in [3.8, 4) is 5.75 Å². The lowest BCUT2D eigenvalue weighted by atomic mass is 10.1. The van der Waals surface area contributed by atoms with Crippen molar-refractivity contribution in [1.82, 2.24) is 4.90 Å². The van der Waals surface area contributed by atoms with Gasteiger partial charge in [-0.2, -0.15) is 0 Å². The van der Waals surface area contributed by atoms with E-state index in [9.17, 15) is 14.4 Å². The molecule has 35 heavy (non-hydrogen) atoms. The summed E-state index contributed by atoms with van der Waals surface area (Å²) in [5, 5.41) is 0. The summed E-state index contributed by atoms with van der Waals surface area (Å²) in [5.41, 5.74) is -0.0619. The SMILES string of the molecule is C=CC(=O)OC(C)CCCCCOc1ccc(C(=O)OC2CCN(C(=O)OC(C)(C)C)CC2)cc1. The lowest BCUT2D eigenvalue weighted by Gasteiger charge is -2.33. The van der Waals surface area contributed by atoms with Crippen LogP contribution in [-0.2, 0) is 19.0 Å². The van der Waals surface area contributed by atoms with Gasteiger partial charge in [-0.25, -0.2) is 14.4 Å². The van der Waals surface area contributed by atoms with Crippen molar-refractivity contribution >= 4 is 18.0 Å². The van der Waals surface area contributed by atoms with E-state index in [1.165, 1.54) is 6.08 Å². The Balaban J connectivity index is 1.64. The van der Waals surface area contributed by atoms with E-state index < -0.39 is 11.6 Å². The van der Waals surface area contributed by atoms with Gasteiger partial charge in [-0.3, -0.25) is 0 Å². The van der Waals surface area contributed by atoms with Crippen molar-refractivity contribution in [3.63, 3.8) is 0 Å². The first-order valence-electron chi connectivity index (χ1n) is 12.3. The number of esters is 2. The van der Waals surface area contributed by atoms with Crippen LogP contribution in [0.5, 0.6) is 5.75 Å². The third kappa shape index (κ3) is 10.8. The molecular weight excluding hydrogens is 450 g/mol. The van der Waals surface area contributed by atoms with Gasteiger partial charge in [0, 0.05) is 32.0 Å². The smallest absolute Gasteiger partial charge is 0.410 e. The third-order valence-corrected chi connectivity index (χ3v) is 5.47. The molecule has 194 valence electrons. The molecule has 0 aliphatic carbocycles. The Morgan fingerprint density at radius 3 is 2.34 bits per heavy atom. The average Bonchev–Trinajstić information content (AvgIpc) is 2.80. The Bertz CT molecular complexity index is 836. The number of nitrogens with zero attached hydrogens (tertiary/aromatic N) is 1. The van der Waals surface area contributed by atoms with Crippen molar-refractivity contribution in [2.24, 2.45) is 0 Å². The van der Waals surface area contributed by atoms with Crippen molar-refractivity contribution in [2.45, 2.75) is 84.0 Å². The van der Waals surface area contributed by atoms with Gasteiger partial charge in [-0.15, -0.1) is 0 Å². The molecule has 8 heteroatoms. The summed E-state index contributed by atoms with van der Waals surface area (Å²) in [6.07, 6.45) is 5.26. The molecule has 1 saturated heterocycles. The van der Waals surface area contributed by atoms with Crippen LogP contribution < -0.4 is 4.74 Å². The molecule has 1 atom stereocenters. The normalized spacial score (nSPS) is 15.1. The van der Waals surface area contributed by atoms with Crippen LogP contribution in [0.4, 0.5) is 4.79 Å². The van der Waals surface area contributed by atoms with Crippen molar-refractivity contribution in [3.05, 3.63) is 42.5 Å². The summed E-state index contributed by atoms with van der Waals surface area (Å²) in [6.45, 7) is 12.3. The number of hydrogen-bond acceptors (Lipinski definition) is 7. The monoisotopic (exact) mass is 489 g/mol. The van der Waals surface area contributed by atoms with Gasteiger partial charge in [-0.05, 0) is 77.6 Å². The molecule has 0 radical (unpaired) electrons. The first kappa shape index (κ1) is 28.2. The highest BCUT2D eigenvalue weighted by molar-refractivity contribution is 5.89. The van der Waals surface area contributed by atoms with Crippen LogP contribution in [0.2, 0.25) is 0 Å². The third-order valence-electron chi connectivity index (χ3n) is 5.47. The van der Waals surface area contributed by atoms with E-state index in [0.717, 1.165) is 25.7 Å². The minimum absolute atomic E-state index is 0.119. The molecule has 8 nitrogen and oxygen atoms in total. The maximum absolute atomic E-state index is 12.5. The van der Waals surface area contributed by atoms with Gasteiger partial charge in [0.15, 0.2) is 0 Å². The summed E-state index contributed by atoms with van der Waals surface area (Å²) in [4.78, 5) is 37.5. The Labute approximate surface area is 208 Å². The van der Waals surface area contributed by atoms with Crippen LogP contribution >= 0.6 is 0 Å². The summed E-state index contributed by atoms with van der Waals surface area (Å²) in [7, 11) is 0. The molecule has 1 fully saturated rings. The second-order valence-electron chi connectivity index (χ2n) is 9.75. The molecule has 2 rings (SSSR count). The molecule has 1 amide bonds. The number of ether oxygens (including phenoxy) is 4. The standard InChI is InChI=1S/C27H39NO7/c1-6-24(29)33-20(2)10-8-7-9-19-32-22-13-11-21(12-14-22)25(30)34-23-15-17-28(18-16-23)26(31)35-27(3,4)5/h6,11-14,20,23H,1,7-10,15-19H2,2-5H3. The number of carbonyl (C=O) groups excluding carboxylic acids is 3. The number of likely N-dealkylation sites (tertiary alicyclic amines) is 1. The predicted octanol–water partition coefficient (Wildman–Crippen LogP) is 5.30. The molecule has 1 aromatic rings. The van der Waals surface area contributed by atoms with Crippen LogP contribution in [0.25, 0.3) is 0 Å². The number of benzene rings is 1. The van der Waals surface area contributed by atoms with E-state index in [0.29, 0.717) is 43.9 Å². The lowest BCUT2D eigenvalue weighted by molar-refractivity contribution is -0.142. The number of piperidine rings is 1. The highest BCUT2D eigenvalue weighted by Crippen LogP contribution is 2.20. The molecule has 1 aliphatic heterocycles. The number of rotatable bonds is 11.